The molecule has 2 aromatic rings. The van der Waals surface area contributed by atoms with Crippen LogP contribution in [0.2, 0.25) is 0 Å². The molecule has 1 heterocycles. The number of nitro groups is 1. The quantitative estimate of drug-likeness (QED) is 0.238. The van der Waals surface area contributed by atoms with Gasteiger partial charge in [0.25, 0.3) is 0 Å². The van der Waals surface area contributed by atoms with Crippen molar-refractivity contribution >= 4 is 40.2 Å². The van der Waals surface area contributed by atoms with Gasteiger partial charge in [0.15, 0.2) is 11.4 Å². The van der Waals surface area contributed by atoms with Crippen molar-refractivity contribution in [1.29, 1.82) is 0 Å². The summed E-state index contributed by atoms with van der Waals surface area (Å²) in [7, 11) is 0. The van der Waals surface area contributed by atoms with Gasteiger partial charge in [-0.1, -0.05) is 41.9 Å². The van der Waals surface area contributed by atoms with Gasteiger partial charge < -0.3 is 22.5 Å². The van der Waals surface area contributed by atoms with Crippen LogP contribution < -0.4 is 22.5 Å². The Morgan fingerprint density at radius 3 is 1.91 bits per heavy atom. The van der Waals surface area contributed by atoms with Gasteiger partial charge in [-0.15, -0.1) is 0 Å². The minimum atomic E-state index is -0.467. The van der Waals surface area contributed by atoms with Crippen molar-refractivity contribution < 1.29 is 17.3 Å². The summed E-state index contributed by atoms with van der Waals surface area (Å²) in [5.41, 5.74) is 4.12. The first-order valence-corrected chi connectivity index (χ1v) is 7.09. The van der Waals surface area contributed by atoms with Crippen LogP contribution in [0.1, 0.15) is 0 Å². The number of hydrogen-bond donors (Lipinski definition) is 1. The van der Waals surface area contributed by atoms with Gasteiger partial charge in [0.2, 0.25) is 0 Å². The molecular formula is C13H11ClIN5O2. The summed E-state index contributed by atoms with van der Waals surface area (Å²) in [6.07, 6.45) is 0. The predicted octanol–water partition coefficient (Wildman–Crippen LogP) is -0.0375. The molecule has 0 atom stereocenters. The normalized spacial score (nSPS) is 16.3. The highest BCUT2D eigenvalue weighted by molar-refractivity contribution is 14.1. The Kier molecular flexibility index (Phi) is 4.96. The zero-order valence-electron chi connectivity index (χ0n) is 11.1. The van der Waals surface area contributed by atoms with E-state index in [9.17, 15) is 10.1 Å². The zero-order chi connectivity index (χ0) is 14.9. The lowest BCUT2D eigenvalue weighted by atomic mass is 10.2. The standard InChI is InChI=1S/C13H11IN5O2.ClH/c14-18-16-15-13(17(20)21)19(18,11-7-3-1-4-8-11)12-9-5-2-6-10-12;/h1-10,16H;1H/q+1;/p-1. The van der Waals surface area contributed by atoms with Gasteiger partial charge in [0.05, 0.1) is 3.33 Å². The summed E-state index contributed by atoms with van der Waals surface area (Å²) in [6, 6.07) is 18.5. The van der Waals surface area contributed by atoms with Crippen molar-refractivity contribution in [2.75, 3.05) is 0 Å². The topological polar surface area (TPSA) is 70.8 Å². The Balaban J connectivity index is 0.00000176. The molecule has 0 saturated carbocycles. The van der Waals surface area contributed by atoms with Gasteiger partial charge in [-0.2, -0.15) is 0 Å². The first kappa shape index (κ1) is 16.6. The molecular weight excluding hydrogens is 421 g/mol. The Morgan fingerprint density at radius 1 is 1.05 bits per heavy atom. The third-order valence-electron chi connectivity index (χ3n) is 3.21. The zero-order valence-corrected chi connectivity index (χ0v) is 14.0. The van der Waals surface area contributed by atoms with Gasteiger partial charge in [-0.25, -0.2) is 0 Å². The smallest absolute Gasteiger partial charge is 0.594 e. The van der Waals surface area contributed by atoms with Crippen molar-refractivity contribution in [1.82, 2.24) is 13.5 Å². The average molecular weight is 432 g/mol. The SMILES string of the molecule is O=[N+]([O-])C1=NNN(I)[N+]1(c1ccccc1)c1ccccc1.[Cl-]. The highest BCUT2D eigenvalue weighted by Crippen LogP contribution is 2.40. The van der Waals surface area contributed by atoms with E-state index in [1.54, 1.807) is 3.33 Å². The van der Waals surface area contributed by atoms with Crippen LogP contribution in [0, 0.1) is 10.1 Å². The molecule has 0 aliphatic carbocycles. The van der Waals surface area contributed by atoms with Crippen LogP contribution in [0.15, 0.2) is 65.8 Å². The molecule has 0 spiro atoms. The second-order valence-electron chi connectivity index (χ2n) is 4.34. The van der Waals surface area contributed by atoms with Crippen molar-refractivity contribution in [3.8, 4) is 0 Å². The van der Waals surface area contributed by atoms with E-state index in [2.05, 4.69) is 10.6 Å². The summed E-state index contributed by atoms with van der Waals surface area (Å²) in [4.78, 5) is 11.0. The fraction of sp³-hybridized carbons (Fsp3) is 0. The molecule has 2 aromatic carbocycles. The lowest BCUT2D eigenvalue weighted by Crippen LogP contribution is -3.00. The van der Waals surface area contributed by atoms with E-state index < -0.39 is 4.92 Å². The summed E-state index contributed by atoms with van der Waals surface area (Å²) in [5.74, 6) is -0.207. The number of rotatable bonds is 2. The van der Waals surface area contributed by atoms with Crippen molar-refractivity contribution in [3.63, 3.8) is 0 Å². The van der Waals surface area contributed by atoms with Crippen molar-refractivity contribution in [2.24, 2.45) is 5.10 Å². The molecule has 7 nitrogen and oxygen atoms in total. The molecule has 0 aromatic heterocycles. The summed E-state index contributed by atoms with van der Waals surface area (Å²) in [5, 5.41) is 15.4. The molecule has 114 valence electrons. The first-order valence-electron chi connectivity index (χ1n) is 6.12. The van der Waals surface area contributed by atoms with Crippen LogP contribution in [0.4, 0.5) is 11.4 Å². The van der Waals surface area contributed by atoms with Gasteiger partial charge in [0, 0.05) is 29.2 Å². The molecule has 1 aliphatic heterocycles. The number of nitrogens with one attached hydrogen (secondary N) is 1. The number of hydrazone groups is 1. The van der Waals surface area contributed by atoms with E-state index >= 15 is 0 Å². The number of nitrogens with zero attached hydrogens (tertiary/aromatic N) is 4. The Hall–Kier alpha value is -1.75. The highest BCUT2D eigenvalue weighted by atomic mass is 127. The van der Waals surface area contributed by atoms with E-state index in [-0.39, 0.29) is 23.0 Å². The van der Waals surface area contributed by atoms with Gasteiger partial charge in [-0.3, -0.25) is 0 Å². The third-order valence-corrected chi connectivity index (χ3v) is 4.07. The maximum absolute atomic E-state index is 11.5. The number of hydrazine groups is 1. The van der Waals surface area contributed by atoms with Crippen LogP contribution >= 0.6 is 22.9 Å². The van der Waals surface area contributed by atoms with Crippen LogP contribution in [-0.4, -0.2) is 14.2 Å². The monoisotopic (exact) mass is 431 g/mol. The second kappa shape index (κ2) is 6.57. The fourth-order valence-corrected chi connectivity index (χ4v) is 3.13. The third kappa shape index (κ3) is 2.43. The number of halogens is 2. The molecule has 1 N–H and O–H groups in total. The fourth-order valence-electron chi connectivity index (χ4n) is 2.33. The van der Waals surface area contributed by atoms with E-state index in [1.807, 2.05) is 83.5 Å². The number of hydrogen-bond acceptors (Lipinski definition) is 5. The molecule has 0 radical (unpaired) electrons. The van der Waals surface area contributed by atoms with Crippen LogP contribution in [0.25, 0.3) is 0 Å². The molecule has 1 aliphatic rings. The lowest BCUT2D eigenvalue weighted by molar-refractivity contribution is -0.362. The number of quaternary nitrogens is 1. The number of benzene rings is 2. The van der Waals surface area contributed by atoms with Crippen molar-refractivity contribution in [2.45, 2.75) is 0 Å². The summed E-state index contributed by atoms with van der Waals surface area (Å²) < 4.78 is 1.34. The van der Waals surface area contributed by atoms with Crippen LogP contribution in [0.5, 0.6) is 0 Å². The first-order chi connectivity index (χ1) is 10.2. The molecule has 9 heteroatoms. The molecule has 0 bridgehead atoms. The lowest BCUT2D eigenvalue weighted by Gasteiger charge is -2.29. The summed E-state index contributed by atoms with van der Waals surface area (Å²) in [6.45, 7) is 0. The van der Waals surface area contributed by atoms with E-state index in [0.717, 1.165) is 11.4 Å². The Labute approximate surface area is 146 Å². The maximum Gasteiger partial charge on any atom is 0.594 e. The highest BCUT2D eigenvalue weighted by Gasteiger charge is 2.59. The van der Waals surface area contributed by atoms with E-state index in [1.165, 1.54) is 0 Å². The second-order valence-corrected chi connectivity index (χ2v) is 5.25. The molecule has 22 heavy (non-hydrogen) atoms. The molecule has 0 amide bonds. The minimum Gasteiger partial charge on any atom is -1.00 e. The van der Waals surface area contributed by atoms with Gasteiger partial charge >= 0.3 is 5.96 Å². The van der Waals surface area contributed by atoms with E-state index in [0.29, 0.717) is 0 Å². The van der Waals surface area contributed by atoms with E-state index in [4.69, 9.17) is 0 Å². The minimum absolute atomic E-state index is 0. The predicted molar refractivity (Wildman–Crippen MR) is 87.8 cm³/mol. The molecule has 3 rings (SSSR count). The van der Waals surface area contributed by atoms with Crippen LogP contribution in [0.3, 0.4) is 0 Å². The van der Waals surface area contributed by atoms with Gasteiger partial charge in [-0.05, 0) is 4.59 Å². The largest absolute Gasteiger partial charge is 1.00 e. The number of guanidine groups is 1. The molecule has 0 saturated heterocycles. The van der Waals surface area contributed by atoms with Gasteiger partial charge in [0.1, 0.15) is 28.0 Å². The Bertz CT molecular complexity index is 659. The molecule has 0 unspecified atom stereocenters. The molecule has 0 fully saturated rings. The maximum atomic E-state index is 11.5. The number of para-hydroxylation sites is 2. The summed E-state index contributed by atoms with van der Waals surface area (Å²) >= 11 is 1.98. The average Bonchev–Trinajstić information content (AvgIpc) is 2.87. The Morgan fingerprint density at radius 2 is 1.50 bits per heavy atom. The van der Waals surface area contributed by atoms with Crippen LogP contribution in [-0.2, 0) is 0 Å². The van der Waals surface area contributed by atoms with Crippen molar-refractivity contribution in [3.05, 3.63) is 70.8 Å².